The SMILES string of the molecule is CCCCOC(O)CC1CC(C(C)C)C2CC3(C)CC4(C)CC(C)C(C(C)=O)C(=O)C4(C)C(C)C3C(O)C2C1C. The van der Waals surface area contributed by atoms with Gasteiger partial charge >= 0.3 is 0 Å². The molecule has 2 N–H and O–H groups in total. The largest absolute Gasteiger partial charge is 0.392 e. The number of carbonyl (C=O) groups is 2. The second-order valence-electron chi connectivity index (χ2n) is 16.2. The van der Waals surface area contributed by atoms with Gasteiger partial charge in [-0.05, 0) is 103 Å². The molecule has 0 saturated heterocycles. The van der Waals surface area contributed by atoms with Gasteiger partial charge in [0, 0.05) is 18.4 Å². The molecule has 0 heterocycles. The molecule has 4 rings (SSSR count). The van der Waals surface area contributed by atoms with Gasteiger partial charge in [0.25, 0.3) is 0 Å². The Morgan fingerprint density at radius 1 is 1.12 bits per heavy atom. The van der Waals surface area contributed by atoms with Crippen LogP contribution in [0, 0.1) is 75.4 Å². The number of fused-ring (bicyclic) bond motifs is 3. The highest BCUT2D eigenvalue weighted by Crippen LogP contribution is 2.72. The van der Waals surface area contributed by atoms with E-state index in [-0.39, 0.29) is 52.0 Å². The van der Waals surface area contributed by atoms with E-state index in [0.29, 0.717) is 36.7 Å². The third-order valence-corrected chi connectivity index (χ3v) is 13.5. The van der Waals surface area contributed by atoms with Gasteiger partial charge in [0.15, 0.2) is 6.29 Å². The molecule has 0 spiro atoms. The zero-order valence-electron chi connectivity index (χ0n) is 27.2. The molecule has 0 aliphatic heterocycles. The fourth-order valence-electron chi connectivity index (χ4n) is 11.5. The van der Waals surface area contributed by atoms with Crippen molar-refractivity contribution in [1.29, 1.82) is 0 Å². The van der Waals surface area contributed by atoms with Gasteiger partial charge in [0.05, 0.1) is 12.0 Å². The summed E-state index contributed by atoms with van der Waals surface area (Å²) in [7, 11) is 0. The van der Waals surface area contributed by atoms with Crippen molar-refractivity contribution in [2.75, 3.05) is 6.61 Å². The second kappa shape index (κ2) is 11.4. The van der Waals surface area contributed by atoms with Gasteiger partial charge < -0.3 is 14.9 Å². The lowest BCUT2D eigenvalue weighted by atomic mass is 9.34. The first-order valence-corrected chi connectivity index (χ1v) is 16.6. The Hall–Kier alpha value is -0.780. The van der Waals surface area contributed by atoms with Gasteiger partial charge in [-0.2, -0.15) is 0 Å². The summed E-state index contributed by atoms with van der Waals surface area (Å²) >= 11 is 0. The molecule has 230 valence electrons. The molecule has 14 atom stereocenters. The van der Waals surface area contributed by atoms with Crippen LogP contribution in [-0.4, -0.2) is 40.8 Å². The molecule has 5 nitrogen and oxygen atoms in total. The number of hydrogen-bond acceptors (Lipinski definition) is 5. The molecule has 5 heteroatoms. The van der Waals surface area contributed by atoms with Crippen molar-refractivity contribution in [1.82, 2.24) is 0 Å². The lowest BCUT2D eigenvalue weighted by Crippen LogP contribution is -2.69. The summed E-state index contributed by atoms with van der Waals surface area (Å²) in [6, 6.07) is 0. The Morgan fingerprint density at radius 3 is 2.35 bits per heavy atom. The summed E-state index contributed by atoms with van der Waals surface area (Å²) in [5.41, 5.74) is -0.880. The second-order valence-corrected chi connectivity index (χ2v) is 16.2. The van der Waals surface area contributed by atoms with Gasteiger partial charge in [-0.25, -0.2) is 0 Å². The molecule has 0 aromatic carbocycles. The van der Waals surface area contributed by atoms with Gasteiger partial charge in [-0.15, -0.1) is 0 Å². The molecule has 4 aliphatic rings. The van der Waals surface area contributed by atoms with Crippen LogP contribution in [0.1, 0.15) is 114 Å². The predicted molar refractivity (Wildman–Crippen MR) is 159 cm³/mol. The van der Waals surface area contributed by atoms with Crippen LogP contribution in [0.3, 0.4) is 0 Å². The molecule has 4 saturated carbocycles. The minimum atomic E-state index is -0.757. The van der Waals surface area contributed by atoms with Gasteiger partial charge in [-0.3, -0.25) is 9.59 Å². The molecule has 0 aromatic rings. The average molecular weight is 561 g/mol. The van der Waals surface area contributed by atoms with Crippen molar-refractivity contribution in [2.45, 2.75) is 127 Å². The lowest BCUT2D eigenvalue weighted by molar-refractivity contribution is -0.240. The maximum Gasteiger partial charge on any atom is 0.154 e. The zero-order chi connectivity index (χ0) is 29.9. The van der Waals surface area contributed by atoms with Crippen molar-refractivity contribution in [2.24, 2.45) is 75.4 Å². The van der Waals surface area contributed by atoms with Gasteiger partial charge in [0.1, 0.15) is 11.6 Å². The fourth-order valence-corrected chi connectivity index (χ4v) is 11.5. The van der Waals surface area contributed by atoms with Gasteiger partial charge in [-0.1, -0.05) is 68.7 Å². The van der Waals surface area contributed by atoms with Crippen LogP contribution in [0.2, 0.25) is 0 Å². The van der Waals surface area contributed by atoms with Crippen LogP contribution in [0.25, 0.3) is 0 Å². The standard InChI is InChI=1S/C35H60O5/c1-11-12-13-40-27(37)15-24-14-25(19(2)3)26-17-33(8)18-34(9)16-20(4)28(23(7)36)32(39)35(34,10)22(6)30(33)31(38)29(26)21(24)5/h19-22,24-31,37-38H,11-18H2,1-10H3. The molecule has 0 amide bonds. The van der Waals surface area contributed by atoms with E-state index in [1.54, 1.807) is 6.92 Å². The number of Topliss-reactive ketones (excluding diaryl/α,β-unsaturated/α-hetero) is 2. The van der Waals surface area contributed by atoms with E-state index in [1.807, 2.05) is 0 Å². The predicted octanol–water partition coefficient (Wildman–Crippen LogP) is 6.93. The van der Waals surface area contributed by atoms with Crippen LogP contribution >= 0.6 is 0 Å². The van der Waals surface area contributed by atoms with Crippen molar-refractivity contribution in [3.8, 4) is 0 Å². The molecule has 40 heavy (non-hydrogen) atoms. The molecule has 0 radical (unpaired) electrons. The first-order chi connectivity index (χ1) is 18.5. The molecule has 4 aliphatic carbocycles. The quantitative estimate of drug-likeness (QED) is 0.191. The Labute approximate surface area is 244 Å². The maximum absolute atomic E-state index is 14.3. The highest BCUT2D eigenvalue weighted by Gasteiger charge is 2.70. The van der Waals surface area contributed by atoms with Crippen LogP contribution in [0.4, 0.5) is 0 Å². The van der Waals surface area contributed by atoms with Crippen LogP contribution in [0.5, 0.6) is 0 Å². The third kappa shape index (κ3) is 4.96. The van der Waals surface area contributed by atoms with Gasteiger partial charge in [0.2, 0.25) is 0 Å². The van der Waals surface area contributed by atoms with Crippen molar-refractivity contribution < 1.29 is 24.5 Å². The first-order valence-electron chi connectivity index (χ1n) is 16.6. The molecule has 14 unspecified atom stereocenters. The summed E-state index contributed by atoms with van der Waals surface area (Å²) in [5, 5.41) is 23.2. The van der Waals surface area contributed by atoms with Crippen LogP contribution < -0.4 is 0 Å². The number of rotatable bonds is 8. The summed E-state index contributed by atoms with van der Waals surface area (Å²) in [5.74, 6) is 1.77. The smallest absolute Gasteiger partial charge is 0.154 e. The zero-order valence-corrected chi connectivity index (χ0v) is 27.2. The number of carbonyl (C=O) groups excluding carboxylic acids is 2. The Morgan fingerprint density at radius 2 is 1.77 bits per heavy atom. The van der Waals surface area contributed by atoms with Crippen LogP contribution in [-0.2, 0) is 14.3 Å². The fraction of sp³-hybridized carbons (Fsp3) is 0.943. The van der Waals surface area contributed by atoms with E-state index in [4.69, 9.17) is 4.74 Å². The molecule has 0 aromatic heterocycles. The van der Waals surface area contributed by atoms with E-state index in [1.165, 1.54) is 0 Å². The van der Waals surface area contributed by atoms with Crippen molar-refractivity contribution >= 4 is 11.6 Å². The minimum Gasteiger partial charge on any atom is -0.392 e. The highest BCUT2D eigenvalue weighted by molar-refractivity contribution is 6.05. The third-order valence-electron chi connectivity index (χ3n) is 13.5. The van der Waals surface area contributed by atoms with E-state index < -0.39 is 23.7 Å². The van der Waals surface area contributed by atoms with Crippen LogP contribution in [0.15, 0.2) is 0 Å². The number of ketones is 2. The number of ether oxygens (including phenoxy) is 1. The summed E-state index contributed by atoms with van der Waals surface area (Å²) in [4.78, 5) is 27.0. The topological polar surface area (TPSA) is 83.8 Å². The summed E-state index contributed by atoms with van der Waals surface area (Å²) < 4.78 is 5.77. The summed E-state index contributed by atoms with van der Waals surface area (Å²) in [6.45, 7) is 22.4. The Bertz CT molecular complexity index is 946. The summed E-state index contributed by atoms with van der Waals surface area (Å²) in [6.07, 6.45) is 5.33. The van der Waals surface area contributed by atoms with E-state index in [2.05, 4.69) is 62.3 Å². The Kier molecular flexibility index (Phi) is 9.14. The lowest BCUT2D eigenvalue weighted by Gasteiger charge is -2.70. The number of aliphatic hydroxyl groups is 2. The van der Waals surface area contributed by atoms with E-state index >= 15 is 0 Å². The minimum absolute atomic E-state index is 0.00574. The number of unbranched alkanes of at least 4 members (excludes halogenated alkanes) is 1. The maximum atomic E-state index is 14.3. The number of hydrogen-bond donors (Lipinski definition) is 2. The van der Waals surface area contributed by atoms with E-state index in [0.717, 1.165) is 38.5 Å². The molecular formula is C35H60O5. The van der Waals surface area contributed by atoms with Crippen molar-refractivity contribution in [3.63, 3.8) is 0 Å². The average Bonchev–Trinajstić information content (AvgIpc) is 2.82. The molecule has 4 fully saturated rings. The van der Waals surface area contributed by atoms with E-state index in [9.17, 15) is 19.8 Å². The normalized spacial score (nSPS) is 49.7. The monoisotopic (exact) mass is 560 g/mol. The highest BCUT2D eigenvalue weighted by atomic mass is 16.6. The first kappa shape index (κ1) is 32.1. The Balaban J connectivity index is 1.69. The molecular weight excluding hydrogens is 500 g/mol. The number of aliphatic hydroxyl groups excluding tert-OH is 2. The molecule has 0 bridgehead atoms. The van der Waals surface area contributed by atoms with Crippen molar-refractivity contribution in [3.05, 3.63) is 0 Å².